The molecule has 3 heteroatoms. The van der Waals surface area contributed by atoms with Crippen molar-refractivity contribution in [3.8, 4) is 0 Å². The molecular formula is C14H20Br2O. The van der Waals surface area contributed by atoms with Crippen LogP contribution in [0.4, 0.5) is 0 Å². The first kappa shape index (κ1) is 15.2. The molecule has 0 fully saturated rings. The molecular weight excluding hydrogens is 344 g/mol. The van der Waals surface area contributed by atoms with Crippen LogP contribution in [-0.4, -0.2) is 5.11 Å². The zero-order valence-electron chi connectivity index (χ0n) is 10.8. The Morgan fingerprint density at radius 2 is 1.82 bits per heavy atom. The van der Waals surface area contributed by atoms with Crippen LogP contribution in [0.15, 0.2) is 27.1 Å². The molecule has 0 aliphatic rings. The van der Waals surface area contributed by atoms with E-state index in [0.29, 0.717) is 5.92 Å². The summed E-state index contributed by atoms with van der Waals surface area (Å²) < 4.78 is 1.97. The second-order valence-electron chi connectivity index (χ2n) is 5.68. The van der Waals surface area contributed by atoms with Gasteiger partial charge in [0.15, 0.2) is 0 Å². The average molecular weight is 364 g/mol. The number of halogens is 2. The van der Waals surface area contributed by atoms with E-state index in [1.165, 1.54) is 0 Å². The molecule has 0 aliphatic carbocycles. The van der Waals surface area contributed by atoms with Gasteiger partial charge >= 0.3 is 0 Å². The van der Waals surface area contributed by atoms with Gasteiger partial charge in [0, 0.05) is 8.95 Å². The molecule has 2 atom stereocenters. The maximum Gasteiger partial charge on any atom is 0.0804 e. The minimum atomic E-state index is -0.420. The summed E-state index contributed by atoms with van der Waals surface area (Å²) in [5.74, 6) is 0.461. The van der Waals surface area contributed by atoms with Gasteiger partial charge in [-0.1, -0.05) is 59.6 Å². The fraction of sp³-hybridized carbons (Fsp3) is 0.571. The molecule has 0 spiro atoms. The average Bonchev–Trinajstić information content (AvgIpc) is 2.20. The van der Waals surface area contributed by atoms with Crippen LogP contribution in [0, 0.1) is 11.3 Å². The van der Waals surface area contributed by atoms with Crippen LogP contribution in [0.5, 0.6) is 0 Å². The molecule has 0 aromatic heterocycles. The zero-order chi connectivity index (χ0) is 13.2. The highest BCUT2D eigenvalue weighted by atomic mass is 79.9. The highest BCUT2D eigenvalue weighted by Crippen LogP contribution is 2.36. The Bertz CT molecular complexity index is 382. The van der Waals surface area contributed by atoms with Gasteiger partial charge in [0.1, 0.15) is 0 Å². The molecule has 0 aliphatic heterocycles. The molecule has 96 valence electrons. The van der Waals surface area contributed by atoms with Crippen LogP contribution in [0.2, 0.25) is 0 Å². The first-order valence-electron chi connectivity index (χ1n) is 5.85. The van der Waals surface area contributed by atoms with E-state index < -0.39 is 6.10 Å². The molecule has 0 bridgehead atoms. The number of aliphatic hydroxyl groups is 1. The van der Waals surface area contributed by atoms with E-state index in [2.05, 4.69) is 59.6 Å². The van der Waals surface area contributed by atoms with Crippen molar-refractivity contribution in [3.63, 3.8) is 0 Å². The van der Waals surface area contributed by atoms with Crippen molar-refractivity contribution in [3.05, 3.63) is 32.7 Å². The van der Waals surface area contributed by atoms with Crippen LogP contribution in [0.3, 0.4) is 0 Å². The van der Waals surface area contributed by atoms with Crippen LogP contribution in [-0.2, 0) is 0 Å². The summed E-state index contributed by atoms with van der Waals surface area (Å²) in [4.78, 5) is 0. The molecule has 1 rings (SSSR count). The monoisotopic (exact) mass is 362 g/mol. The Labute approximate surface area is 121 Å². The molecule has 0 radical (unpaired) electrons. The Morgan fingerprint density at radius 1 is 1.24 bits per heavy atom. The normalized spacial score (nSPS) is 15.7. The SMILES string of the molecule is CC(CC(O)c1cc(Br)ccc1Br)C(C)(C)C. The third-order valence-electron chi connectivity index (χ3n) is 3.37. The fourth-order valence-corrected chi connectivity index (χ4v) is 2.48. The predicted octanol–water partition coefficient (Wildman–Crippen LogP) is 5.32. The first-order valence-corrected chi connectivity index (χ1v) is 7.43. The topological polar surface area (TPSA) is 20.2 Å². The van der Waals surface area contributed by atoms with E-state index in [-0.39, 0.29) is 5.41 Å². The molecule has 0 saturated carbocycles. The molecule has 1 aromatic carbocycles. The van der Waals surface area contributed by atoms with E-state index in [9.17, 15) is 5.11 Å². The molecule has 0 amide bonds. The van der Waals surface area contributed by atoms with Crippen molar-refractivity contribution in [2.24, 2.45) is 11.3 Å². The van der Waals surface area contributed by atoms with Gasteiger partial charge in [-0.25, -0.2) is 0 Å². The second kappa shape index (κ2) is 5.85. The van der Waals surface area contributed by atoms with Crippen molar-refractivity contribution in [2.45, 2.75) is 40.2 Å². The molecule has 2 unspecified atom stereocenters. The lowest BCUT2D eigenvalue weighted by Gasteiger charge is -2.29. The quantitative estimate of drug-likeness (QED) is 0.770. The van der Waals surface area contributed by atoms with E-state index in [0.717, 1.165) is 20.9 Å². The molecule has 17 heavy (non-hydrogen) atoms. The van der Waals surface area contributed by atoms with Crippen LogP contribution in [0.1, 0.15) is 45.8 Å². The Kier molecular flexibility index (Phi) is 5.23. The summed E-state index contributed by atoms with van der Waals surface area (Å²) in [5, 5.41) is 10.3. The lowest BCUT2D eigenvalue weighted by atomic mass is 9.78. The maximum absolute atomic E-state index is 10.3. The Balaban J connectivity index is 2.83. The van der Waals surface area contributed by atoms with E-state index >= 15 is 0 Å². The van der Waals surface area contributed by atoms with Crippen molar-refractivity contribution < 1.29 is 5.11 Å². The van der Waals surface area contributed by atoms with E-state index in [1.807, 2.05) is 18.2 Å². The van der Waals surface area contributed by atoms with Gasteiger partial charge in [0.25, 0.3) is 0 Å². The standard InChI is InChI=1S/C14H20Br2O/c1-9(14(2,3)4)7-13(17)11-8-10(15)5-6-12(11)16/h5-6,8-9,13,17H,7H2,1-4H3. The van der Waals surface area contributed by atoms with Gasteiger partial charge in [0.05, 0.1) is 6.10 Å². The summed E-state index contributed by atoms with van der Waals surface area (Å²) in [5.41, 5.74) is 1.18. The van der Waals surface area contributed by atoms with Gasteiger partial charge in [-0.2, -0.15) is 0 Å². The Hall–Kier alpha value is 0.140. The van der Waals surface area contributed by atoms with Crippen molar-refractivity contribution in [1.82, 2.24) is 0 Å². The van der Waals surface area contributed by atoms with E-state index in [4.69, 9.17) is 0 Å². The summed E-state index contributed by atoms with van der Waals surface area (Å²) in [6.45, 7) is 8.82. The van der Waals surface area contributed by atoms with Gasteiger partial charge in [-0.05, 0) is 41.5 Å². The minimum absolute atomic E-state index is 0.222. The van der Waals surface area contributed by atoms with Gasteiger partial charge in [0.2, 0.25) is 0 Å². The molecule has 1 N–H and O–H groups in total. The lowest BCUT2D eigenvalue weighted by molar-refractivity contribution is 0.110. The van der Waals surface area contributed by atoms with Crippen LogP contribution >= 0.6 is 31.9 Å². The van der Waals surface area contributed by atoms with Crippen molar-refractivity contribution >= 4 is 31.9 Å². The largest absolute Gasteiger partial charge is 0.388 e. The predicted molar refractivity (Wildman–Crippen MR) is 80.0 cm³/mol. The van der Waals surface area contributed by atoms with Gasteiger partial charge in [-0.3, -0.25) is 0 Å². The smallest absolute Gasteiger partial charge is 0.0804 e. The third-order valence-corrected chi connectivity index (χ3v) is 4.59. The highest BCUT2D eigenvalue weighted by Gasteiger charge is 2.24. The van der Waals surface area contributed by atoms with Gasteiger partial charge < -0.3 is 5.11 Å². The summed E-state index contributed by atoms with van der Waals surface area (Å²) in [7, 11) is 0. The molecule has 0 saturated heterocycles. The zero-order valence-corrected chi connectivity index (χ0v) is 14.0. The summed E-state index contributed by atoms with van der Waals surface area (Å²) in [6, 6.07) is 5.90. The fourth-order valence-electron chi connectivity index (χ4n) is 1.59. The highest BCUT2D eigenvalue weighted by molar-refractivity contribution is 9.11. The van der Waals surface area contributed by atoms with Crippen molar-refractivity contribution in [1.29, 1.82) is 0 Å². The number of aliphatic hydroxyl groups excluding tert-OH is 1. The number of hydrogen-bond acceptors (Lipinski definition) is 1. The molecule has 0 heterocycles. The second-order valence-corrected chi connectivity index (χ2v) is 7.45. The van der Waals surface area contributed by atoms with Crippen LogP contribution < -0.4 is 0 Å². The molecule has 1 nitrogen and oxygen atoms in total. The van der Waals surface area contributed by atoms with Crippen molar-refractivity contribution in [2.75, 3.05) is 0 Å². The number of rotatable bonds is 3. The first-order chi connectivity index (χ1) is 7.71. The number of hydrogen-bond donors (Lipinski definition) is 1. The van der Waals surface area contributed by atoms with Crippen LogP contribution in [0.25, 0.3) is 0 Å². The Morgan fingerprint density at radius 3 is 2.35 bits per heavy atom. The summed E-state index contributed by atoms with van der Waals surface area (Å²) in [6.07, 6.45) is 0.356. The maximum atomic E-state index is 10.3. The van der Waals surface area contributed by atoms with Gasteiger partial charge in [-0.15, -0.1) is 0 Å². The minimum Gasteiger partial charge on any atom is -0.388 e. The summed E-state index contributed by atoms with van der Waals surface area (Å²) >= 11 is 6.93. The number of benzene rings is 1. The molecule has 1 aromatic rings. The third kappa shape index (κ3) is 4.38. The van der Waals surface area contributed by atoms with E-state index in [1.54, 1.807) is 0 Å². The lowest BCUT2D eigenvalue weighted by Crippen LogP contribution is -2.20.